The maximum Gasteiger partial charge on any atom is 0.314 e. The molecule has 1 unspecified atom stereocenters. The van der Waals surface area contributed by atoms with Gasteiger partial charge < -0.3 is 35.2 Å². The fourth-order valence-corrected chi connectivity index (χ4v) is 11.8. The topological polar surface area (TPSA) is 217 Å². The molecule has 0 spiro atoms. The number of nitrogens with one attached hydrogen (secondary N) is 3. The second-order valence-corrected chi connectivity index (χ2v) is 22.3. The Bertz CT molecular complexity index is 2150. The molecule has 1 aromatic carbocycles. The minimum Gasteiger partial charge on any atom is -0.379 e. The van der Waals surface area contributed by atoms with Crippen LogP contribution in [0.4, 0.5) is 4.79 Å². The van der Waals surface area contributed by atoms with Crippen LogP contribution in [0.15, 0.2) is 42.5 Å². The molecule has 8 amide bonds. The van der Waals surface area contributed by atoms with Gasteiger partial charge in [-0.05, 0) is 87.6 Å². The minimum atomic E-state index is -0.882. The number of Topliss-reactive ketones (excluding diaryl/α,β-unsaturated/α-hetero) is 1. The predicted molar refractivity (Wildman–Crippen MR) is 288 cm³/mol. The molecule has 10 atom stereocenters. The average molecular weight is 1060 g/mol. The Morgan fingerprint density at radius 1 is 0.855 bits per heavy atom. The van der Waals surface area contributed by atoms with Crippen molar-refractivity contribution < 1.29 is 52.7 Å². The Morgan fingerprint density at radius 3 is 2.14 bits per heavy atom. The van der Waals surface area contributed by atoms with E-state index in [-0.39, 0.29) is 85.1 Å². The fourth-order valence-electron chi connectivity index (χ4n) is 11.8. The van der Waals surface area contributed by atoms with Crippen LogP contribution in [-0.4, -0.2) is 182 Å². The molecule has 3 N–H and O–H groups in total. The first-order valence-electron chi connectivity index (χ1n) is 27.9. The summed E-state index contributed by atoms with van der Waals surface area (Å²) in [6.07, 6.45) is 7.72. The highest BCUT2D eigenvalue weighted by atomic mass is 16.7. The number of ketones is 1. The Balaban J connectivity index is 1.17. The number of amides is 8. The highest BCUT2D eigenvalue weighted by Gasteiger charge is 2.61. The number of carbonyl (C=O) groups excluding carboxylic acids is 8. The van der Waals surface area contributed by atoms with Crippen molar-refractivity contribution in [2.24, 2.45) is 29.1 Å². The quantitative estimate of drug-likeness (QED) is 0.0679. The zero-order chi connectivity index (χ0) is 55.9. The number of hydroxylamine groups is 2. The van der Waals surface area contributed by atoms with Crippen molar-refractivity contribution in [1.29, 1.82) is 0 Å². The number of nitrogens with zero attached hydrogens (tertiary/aromatic N) is 5. The standard InChI is InChI=1S/C57H90N8O11/c1-12-39(6)51(62(9)54(71)49(37(2)3)60-53(70)50(38(4)5)61(8)30-20-28-58-56(73)59-29-33-64-46(67)25-26-47(64)68)45(74-10)35-48(69)63-31-19-23-43(63)52(75-11)40(7)44(66)24-18-27-57(55(72)65-32-16-17-34-76-65)36-42(57)41-21-14-13-15-22-41/h13-15,21-22,25-26,37-40,42-43,45,49-52H,12,16-20,23-24,27-36H2,1-11H3,(H,60,70)(H2,58,59,73)/t39-,40-,42+,43-,45+,49-,50-,51?,52+,57+/m0/s1. The molecule has 1 aliphatic carbocycles. The van der Waals surface area contributed by atoms with E-state index in [1.54, 1.807) is 31.2 Å². The molecule has 0 radical (unpaired) electrons. The molecule has 3 fully saturated rings. The Labute approximate surface area is 451 Å². The second kappa shape index (κ2) is 28.9. The third-order valence-corrected chi connectivity index (χ3v) is 16.4. The number of imide groups is 1. The first kappa shape index (κ1) is 61.6. The van der Waals surface area contributed by atoms with Crippen LogP contribution in [0.25, 0.3) is 0 Å². The average Bonchev–Trinajstić information content (AvgIpc) is 3.78. The molecule has 19 heteroatoms. The van der Waals surface area contributed by atoms with E-state index >= 15 is 0 Å². The zero-order valence-corrected chi connectivity index (χ0v) is 47.3. The van der Waals surface area contributed by atoms with E-state index in [2.05, 4.69) is 28.1 Å². The molecular formula is C57H90N8O11. The molecule has 76 heavy (non-hydrogen) atoms. The Hall–Kier alpha value is -5.24. The summed E-state index contributed by atoms with van der Waals surface area (Å²) in [6.45, 7) is 16.1. The number of urea groups is 1. The molecule has 19 nitrogen and oxygen atoms in total. The molecule has 0 aromatic heterocycles. The van der Waals surface area contributed by atoms with Crippen LogP contribution in [0.1, 0.15) is 131 Å². The number of benzene rings is 1. The van der Waals surface area contributed by atoms with Gasteiger partial charge in [0.1, 0.15) is 11.8 Å². The van der Waals surface area contributed by atoms with Crippen LogP contribution in [-0.2, 0) is 47.9 Å². The summed E-state index contributed by atoms with van der Waals surface area (Å²) >= 11 is 0. The third kappa shape index (κ3) is 15.5. The van der Waals surface area contributed by atoms with Gasteiger partial charge in [-0.3, -0.25) is 48.2 Å². The van der Waals surface area contributed by atoms with E-state index in [4.69, 9.17) is 14.3 Å². The molecule has 5 rings (SSSR count). The Kier molecular flexibility index (Phi) is 23.5. The molecule has 2 saturated heterocycles. The summed E-state index contributed by atoms with van der Waals surface area (Å²) in [5.74, 6) is -2.45. The van der Waals surface area contributed by atoms with E-state index in [0.29, 0.717) is 64.9 Å². The van der Waals surface area contributed by atoms with Crippen molar-refractivity contribution in [3.8, 4) is 0 Å². The van der Waals surface area contributed by atoms with Crippen molar-refractivity contribution in [2.45, 2.75) is 161 Å². The van der Waals surface area contributed by atoms with Crippen LogP contribution < -0.4 is 16.0 Å². The molecule has 1 saturated carbocycles. The lowest BCUT2D eigenvalue weighted by Gasteiger charge is -2.41. The molecule has 424 valence electrons. The van der Waals surface area contributed by atoms with Gasteiger partial charge in [0.05, 0.1) is 48.8 Å². The SMILES string of the molecule is CC[C@H](C)C([C@@H](CC(=O)N1CCC[C@H]1[C@H](OC)[C@@H](C)C(=O)CCC[C@@]1(C(=O)N2CCCCO2)C[C@@H]1c1ccccc1)OC)N(C)C(=O)[C@@H](NC(=O)[C@H](C(C)C)N(C)CCCNC(=O)NCCN1C(=O)C=CC1=O)C(C)C. The zero-order valence-electron chi connectivity index (χ0n) is 47.3. The first-order valence-corrected chi connectivity index (χ1v) is 27.9. The summed E-state index contributed by atoms with van der Waals surface area (Å²) in [5, 5.41) is 10.1. The molecule has 3 aliphatic heterocycles. The van der Waals surface area contributed by atoms with Crippen LogP contribution in [0.2, 0.25) is 0 Å². The third-order valence-electron chi connectivity index (χ3n) is 16.4. The summed E-state index contributed by atoms with van der Waals surface area (Å²) in [6, 6.07) is 7.33. The number of likely N-dealkylation sites (tertiary alicyclic amines) is 1. The van der Waals surface area contributed by atoms with E-state index in [0.717, 1.165) is 36.1 Å². The van der Waals surface area contributed by atoms with E-state index in [1.807, 2.05) is 83.5 Å². The number of likely N-dealkylation sites (N-methyl/N-ethyl adjacent to an activating group) is 2. The van der Waals surface area contributed by atoms with Gasteiger partial charge in [-0.2, -0.15) is 0 Å². The van der Waals surface area contributed by atoms with E-state index in [1.165, 1.54) is 12.2 Å². The summed E-state index contributed by atoms with van der Waals surface area (Å²) in [5.41, 5.74) is 0.522. The maximum atomic E-state index is 14.7. The van der Waals surface area contributed by atoms with Crippen LogP contribution >= 0.6 is 0 Å². The lowest BCUT2D eigenvalue weighted by atomic mass is 9.87. The number of carbonyl (C=O) groups is 8. The summed E-state index contributed by atoms with van der Waals surface area (Å²) < 4.78 is 12.2. The number of rotatable bonds is 30. The summed E-state index contributed by atoms with van der Waals surface area (Å²) in [4.78, 5) is 120. The van der Waals surface area contributed by atoms with Gasteiger partial charge in [-0.25, -0.2) is 9.86 Å². The molecule has 3 heterocycles. The predicted octanol–water partition coefficient (Wildman–Crippen LogP) is 5.09. The van der Waals surface area contributed by atoms with E-state index in [9.17, 15) is 38.4 Å². The van der Waals surface area contributed by atoms with Crippen molar-refractivity contribution in [1.82, 2.24) is 40.6 Å². The lowest BCUT2D eigenvalue weighted by molar-refractivity contribution is -0.203. The van der Waals surface area contributed by atoms with Crippen LogP contribution in [0.5, 0.6) is 0 Å². The van der Waals surface area contributed by atoms with Gasteiger partial charge >= 0.3 is 6.03 Å². The van der Waals surface area contributed by atoms with Crippen LogP contribution in [0.3, 0.4) is 0 Å². The molecule has 0 bridgehead atoms. The van der Waals surface area contributed by atoms with Crippen LogP contribution in [0, 0.1) is 29.1 Å². The normalized spacial score (nSPS) is 22.3. The number of hydrogen-bond donors (Lipinski definition) is 3. The number of ether oxygens (including phenoxy) is 2. The lowest BCUT2D eigenvalue weighted by Crippen LogP contribution is -2.60. The largest absolute Gasteiger partial charge is 0.379 e. The number of hydrogen-bond acceptors (Lipinski definition) is 12. The fraction of sp³-hybridized carbons (Fsp3) is 0.719. The minimum absolute atomic E-state index is 0.00835. The summed E-state index contributed by atoms with van der Waals surface area (Å²) in [7, 11) is 6.70. The van der Waals surface area contributed by atoms with E-state index < -0.39 is 59.5 Å². The van der Waals surface area contributed by atoms with Crippen molar-refractivity contribution in [3.63, 3.8) is 0 Å². The van der Waals surface area contributed by atoms with Gasteiger partial charge in [0.2, 0.25) is 17.7 Å². The monoisotopic (exact) mass is 1060 g/mol. The van der Waals surface area contributed by atoms with Gasteiger partial charge in [-0.1, -0.05) is 85.2 Å². The first-order chi connectivity index (χ1) is 36.2. The second-order valence-electron chi connectivity index (χ2n) is 22.3. The Morgan fingerprint density at radius 2 is 1.54 bits per heavy atom. The highest BCUT2D eigenvalue weighted by molar-refractivity contribution is 6.12. The molecular weight excluding hydrogens is 973 g/mol. The molecule has 4 aliphatic rings. The smallest absolute Gasteiger partial charge is 0.314 e. The highest BCUT2D eigenvalue weighted by Crippen LogP contribution is 2.63. The van der Waals surface area contributed by atoms with Crippen molar-refractivity contribution in [2.75, 3.05) is 74.2 Å². The number of methoxy groups -OCH3 is 2. The van der Waals surface area contributed by atoms with Gasteiger partial charge in [0.25, 0.3) is 17.7 Å². The van der Waals surface area contributed by atoms with Gasteiger partial charge in [0.15, 0.2) is 0 Å². The van der Waals surface area contributed by atoms with Crippen molar-refractivity contribution in [3.05, 3.63) is 48.0 Å². The maximum absolute atomic E-state index is 14.7. The van der Waals surface area contributed by atoms with Gasteiger partial charge in [-0.15, -0.1) is 0 Å². The molecule has 1 aromatic rings. The van der Waals surface area contributed by atoms with Gasteiger partial charge in [0, 0.05) is 85.0 Å². The van der Waals surface area contributed by atoms with Crippen molar-refractivity contribution >= 4 is 47.3 Å².